The molecule has 2 aromatic rings. The summed E-state index contributed by atoms with van der Waals surface area (Å²) in [6.45, 7) is -0.140. The van der Waals surface area contributed by atoms with Crippen LogP contribution < -0.4 is 4.90 Å². The SMILES string of the molecule is O=C1OCC2=C1[C@H](c1c(F)cccc1Cl)CC(=O)N2c1cccc(F)c1. The zero-order valence-corrected chi connectivity index (χ0v) is 14.1. The third kappa shape index (κ3) is 2.57. The van der Waals surface area contributed by atoms with Gasteiger partial charge in [-0.1, -0.05) is 23.7 Å². The highest BCUT2D eigenvalue weighted by Gasteiger charge is 2.44. The maximum absolute atomic E-state index is 14.4. The molecule has 4 nitrogen and oxygen atoms in total. The average molecular weight is 376 g/mol. The first-order chi connectivity index (χ1) is 12.5. The van der Waals surface area contributed by atoms with E-state index in [2.05, 4.69) is 0 Å². The standard InChI is InChI=1S/C19H12ClF2NO3/c20-13-5-2-6-14(22)17(13)12-8-16(24)23(11-4-1-3-10(21)7-11)15-9-26-19(25)18(12)15/h1-7,12H,8-9H2/t12-/m0/s1. The largest absolute Gasteiger partial charge is 0.456 e. The number of carbonyl (C=O) groups excluding carboxylic acids is 2. The normalized spacial score (nSPS) is 19.7. The van der Waals surface area contributed by atoms with E-state index >= 15 is 0 Å². The lowest BCUT2D eigenvalue weighted by molar-refractivity contribution is -0.136. The van der Waals surface area contributed by atoms with Crippen LogP contribution in [-0.4, -0.2) is 18.5 Å². The van der Waals surface area contributed by atoms with Crippen LogP contribution in [0.1, 0.15) is 17.9 Å². The van der Waals surface area contributed by atoms with Crippen molar-refractivity contribution >= 4 is 29.2 Å². The van der Waals surface area contributed by atoms with Crippen molar-refractivity contribution in [3.63, 3.8) is 0 Å². The minimum atomic E-state index is -0.842. The van der Waals surface area contributed by atoms with Gasteiger partial charge in [0, 0.05) is 22.9 Å². The molecule has 4 rings (SSSR count). The van der Waals surface area contributed by atoms with E-state index in [-0.39, 0.29) is 29.2 Å². The maximum atomic E-state index is 14.4. The molecular formula is C19H12ClF2NO3. The van der Waals surface area contributed by atoms with Gasteiger partial charge in [0.1, 0.15) is 18.2 Å². The molecule has 2 heterocycles. The molecule has 0 bridgehead atoms. The van der Waals surface area contributed by atoms with Crippen LogP contribution in [-0.2, 0) is 14.3 Å². The molecule has 132 valence electrons. The Balaban J connectivity index is 1.89. The van der Waals surface area contributed by atoms with Crippen LogP contribution in [0.5, 0.6) is 0 Å². The van der Waals surface area contributed by atoms with Crippen molar-refractivity contribution in [3.8, 4) is 0 Å². The Labute approximate surface area is 152 Å². The van der Waals surface area contributed by atoms with E-state index < -0.39 is 29.4 Å². The predicted molar refractivity (Wildman–Crippen MR) is 90.6 cm³/mol. The average Bonchev–Trinajstić information content (AvgIpc) is 2.96. The van der Waals surface area contributed by atoms with E-state index in [1.807, 2.05) is 0 Å². The quantitative estimate of drug-likeness (QED) is 0.747. The van der Waals surface area contributed by atoms with Crippen molar-refractivity contribution in [2.75, 3.05) is 11.5 Å². The van der Waals surface area contributed by atoms with Crippen LogP contribution in [0.4, 0.5) is 14.5 Å². The van der Waals surface area contributed by atoms with E-state index in [1.54, 1.807) is 6.07 Å². The number of amides is 1. The lowest BCUT2D eigenvalue weighted by Crippen LogP contribution is -2.37. The first-order valence-electron chi connectivity index (χ1n) is 7.90. The number of cyclic esters (lactones) is 1. The Morgan fingerprint density at radius 2 is 1.88 bits per heavy atom. The highest BCUT2D eigenvalue weighted by Crippen LogP contribution is 2.44. The van der Waals surface area contributed by atoms with Crippen molar-refractivity contribution in [1.29, 1.82) is 0 Å². The van der Waals surface area contributed by atoms with Crippen LogP contribution in [0.3, 0.4) is 0 Å². The Morgan fingerprint density at radius 1 is 1.12 bits per heavy atom. The number of nitrogens with zero attached hydrogens (tertiary/aromatic N) is 1. The Bertz CT molecular complexity index is 953. The second-order valence-electron chi connectivity index (χ2n) is 6.04. The molecule has 0 fully saturated rings. The second kappa shape index (κ2) is 6.21. The molecule has 0 radical (unpaired) electrons. The molecule has 1 amide bonds. The smallest absolute Gasteiger partial charge is 0.336 e. The van der Waals surface area contributed by atoms with Crippen LogP contribution >= 0.6 is 11.6 Å². The van der Waals surface area contributed by atoms with Crippen molar-refractivity contribution in [2.24, 2.45) is 0 Å². The van der Waals surface area contributed by atoms with Crippen molar-refractivity contribution < 1.29 is 23.1 Å². The highest BCUT2D eigenvalue weighted by atomic mass is 35.5. The molecule has 26 heavy (non-hydrogen) atoms. The van der Waals surface area contributed by atoms with Crippen molar-refractivity contribution in [2.45, 2.75) is 12.3 Å². The monoisotopic (exact) mass is 375 g/mol. The molecule has 0 spiro atoms. The van der Waals surface area contributed by atoms with Gasteiger partial charge in [-0.05, 0) is 30.3 Å². The van der Waals surface area contributed by atoms with E-state index in [1.165, 1.54) is 41.3 Å². The Kier molecular flexibility index (Phi) is 4.00. The molecule has 0 saturated carbocycles. The molecular weight excluding hydrogens is 364 g/mol. The fraction of sp³-hybridized carbons (Fsp3) is 0.158. The number of hydrogen-bond donors (Lipinski definition) is 0. The van der Waals surface area contributed by atoms with Crippen LogP contribution in [0.25, 0.3) is 0 Å². The van der Waals surface area contributed by atoms with E-state index in [4.69, 9.17) is 16.3 Å². The molecule has 1 atom stereocenters. The number of halogens is 3. The molecule has 7 heteroatoms. The van der Waals surface area contributed by atoms with Gasteiger partial charge < -0.3 is 4.74 Å². The van der Waals surface area contributed by atoms with Gasteiger partial charge in [0.2, 0.25) is 5.91 Å². The van der Waals surface area contributed by atoms with Crippen LogP contribution in [0, 0.1) is 11.6 Å². The number of rotatable bonds is 2. The summed E-state index contributed by atoms with van der Waals surface area (Å²) in [5.41, 5.74) is 0.855. The third-order valence-corrected chi connectivity index (χ3v) is 4.86. The van der Waals surface area contributed by atoms with E-state index in [9.17, 15) is 18.4 Å². The van der Waals surface area contributed by atoms with Gasteiger partial charge in [-0.3, -0.25) is 9.69 Å². The zero-order chi connectivity index (χ0) is 18.4. The summed E-state index contributed by atoms with van der Waals surface area (Å²) in [5.74, 6) is -2.97. The fourth-order valence-electron chi connectivity index (χ4n) is 3.46. The molecule has 0 saturated heterocycles. The summed E-state index contributed by atoms with van der Waals surface area (Å²) < 4.78 is 33.1. The molecule has 0 aromatic heterocycles. The second-order valence-corrected chi connectivity index (χ2v) is 6.44. The van der Waals surface area contributed by atoms with Gasteiger partial charge in [-0.15, -0.1) is 0 Å². The van der Waals surface area contributed by atoms with Gasteiger partial charge in [-0.2, -0.15) is 0 Å². The van der Waals surface area contributed by atoms with Gasteiger partial charge in [-0.25, -0.2) is 13.6 Å². The Hall–Kier alpha value is -2.73. The number of ether oxygens (including phenoxy) is 1. The topological polar surface area (TPSA) is 46.6 Å². The molecule has 2 aliphatic rings. The van der Waals surface area contributed by atoms with E-state index in [0.29, 0.717) is 11.4 Å². The van der Waals surface area contributed by atoms with Crippen LogP contribution in [0.2, 0.25) is 5.02 Å². The fourth-order valence-corrected chi connectivity index (χ4v) is 3.75. The summed E-state index contributed by atoms with van der Waals surface area (Å²) in [7, 11) is 0. The van der Waals surface area contributed by atoms with E-state index in [0.717, 1.165) is 0 Å². The Morgan fingerprint density at radius 3 is 2.62 bits per heavy atom. The summed E-state index contributed by atoms with van der Waals surface area (Å²) in [6.07, 6.45) is -0.175. The minimum Gasteiger partial charge on any atom is -0.456 e. The van der Waals surface area contributed by atoms with Crippen LogP contribution in [0.15, 0.2) is 53.7 Å². The first kappa shape index (κ1) is 16.7. The van der Waals surface area contributed by atoms with Crippen molar-refractivity contribution in [3.05, 3.63) is 76.0 Å². The molecule has 0 N–H and O–H groups in total. The van der Waals surface area contributed by atoms with Gasteiger partial charge >= 0.3 is 5.97 Å². The maximum Gasteiger partial charge on any atom is 0.336 e. The van der Waals surface area contributed by atoms with Crippen molar-refractivity contribution in [1.82, 2.24) is 0 Å². The zero-order valence-electron chi connectivity index (χ0n) is 13.3. The molecule has 2 aliphatic heterocycles. The summed E-state index contributed by atoms with van der Waals surface area (Å²) >= 11 is 6.13. The number of anilines is 1. The summed E-state index contributed by atoms with van der Waals surface area (Å²) in [6, 6.07) is 9.66. The highest BCUT2D eigenvalue weighted by molar-refractivity contribution is 6.31. The molecule has 0 aliphatic carbocycles. The molecule has 2 aromatic carbocycles. The van der Waals surface area contributed by atoms with Gasteiger partial charge in [0.25, 0.3) is 0 Å². The number of carbonyl (C=O) groups is 2. The van der Waals surface area contributed by atoms with Gasteiger partial charge in [0.05, 0.1) is 17.0 Å². The number of benzene rings is 2. The minimum absolute atomic E-state index is 0.0905. The first-order valence-corrected chi connectivity index (χ1v) is 8.27. The number of hydrogen-bond acceptors (Lipinski definition) is 3. The lowest BCUT2D eigenvalue weighted by atomic mass is 9.83. The molecule has 0 unspecified atom stereocenters. The van der Waals surface area contributed by atoms with Gasteiger partial charge in [0.15, 0.2) is 0 Å². The summed E-state index contributed by atoms with van der Waals surface area (Å²) in [4.78, 5) is 26.4. The lowest BCUT2D eigenvalue weighted by Gasteiger charge is -2.32. The predicted octanol–water partition coefficient (Wildman–Crippen LogP) is 3.95. The summed E-state index contributed by atoms with van der Waals surface area (Å²) in [5, 5.41) is 0.133. The third-order valence-electron chi connectivity index (χ3n) is 4.53. The number of esters is 1.